The van der Waals surface area contributed by atoms with E-state index in [9.17, 15) is 9.18 Å². The van der Waals surface area contributed by atoms with Crippen LogP contribution in [0.5, 0.6) is 0 Å². The lowest BCUT2D eigenvalue weighted by Gasteiger charge is -2.25. The number of halogens is 1. The summed E-state index contributed by atoms with van der Waals surface area (Å²) in [6, 6.07) is 2.93. The largest absolute Gasteiger partial charge is 0.380 e. The van der Waals surface area contributed by atoms with E-state index in [4.69, 9.17) is 4.74 Å². The molecule has 0 aromatic carbocycles. The molecule has 110 valence electrons. The summed E-state index contributed by atoms with van der Waals surface area (Å²) in [5, 5.41) is 0. The molecule has 1 aliphatic heterocycles. The fraction of sp³-hybridized carbons (Fsp3) is 0.571. The molecular weight excluding hydrogens is 261 g/mol. The second-order valence-electron chi connectivity index (χ2n) is 5.23. The molecule has 0 aliphatic carbocycles. The van der Waals surface area contributed by atoms with Gasteiger partial charge in [0.15, 0.2) is 0 Å². The maximum Gasteiger partial charge on any atom is 0.272 e. The van der Waals surface area contributed by atoms with Crippen LogP contribution in [0.1, 0.15) is 16.9 Å². The van der Waals surface area contributed by atoms with E-state index in [-0.39, 0.29) is 23.7 Å². The van der Waals surface area contributed by atoms with E-state index in [0.29, 0.717) is 6.54 Å². The minimum Gasteiger partial charge on any atom is -0.380 e. The number of methoxy groups -OCH3 is 1. The van der Waals surface area contributed by atoms with Gasteiger partial charge in [0.2, 0.25) is 0 Å². The predicted molar refractivity (Wildman–Crippen MR) is 73.0 cm³/mol. The summed E-state index contributed by atoms with van der Waals surface area (Å²) >= 11 is 0. The van der Waals surface area contributed by atoms with Crippen LogP contribution in [-0.4, -0.2) is 67.1 Å². The van der Waals surface area contributed by atoms with Gasteiger partial charge in [0.1, 0.15) is 11.5 Å². The fourth-order valence-corrected chi connectivity index (χ4v) is 2.51. The highest BCUT2D eigenvalue weighted by atomic mass is 19.1. The first kappa shape index (κ1) is 14.9. The molecule has 2 rings (SSSR count). The quantitative estimate of drug-likeness (QED) is 0.826. The monoisotopic (exact) mass is 281 g/mol. The van der Waals surface area contributed by atoms with Gasteiger partial charge in [0.25, 0.3) is 5.91 Å². The summed E-state index contributed by atoms with van der Waals surface area (Å²) < 4.78 is 18.2. The van der Waals surface area contributed by atoms with Gasteiger partial charge in [-0.2, -0.15) is 0 Å². The molecule has 5 nitrogen and oxygen atoms in total. The van der Waals surface area contributed by atoms with E-state index in [1.165, 1.54) is 12.1 Å². The summed E-state index contributed by atoms with van der Waals surface area (Å²) in [5.41, 5.74) is 0.262. The van der Waals surface area contributed by atoms with Gasteiger partial charge in [-0.1, -0.05) is 0 Å². The molecular formula is C14H20FN3O2. The Morgan fingerprint density at radius 3 is 2.90 bits per heavy atom. The highest BCUT2D eigenvalue weighted by Crippen LogP contribution is 2.19. The summed E-state index contributed by atoms with van der Waals surface area (Å²) in [6.07, 6.45) is 2.18. The number of likely N-dealkylation sites (tertiary alicyclic amines) is 1. The maximum atomic E-state index is 12.8. The lowest BCUT2D eigenvalue weighted by atomic mass is 10.2. The molecule has 1 fully saturated rings. The Bertz CT molecular complexity index is 466. The van der Waals surface area contributed by atoms with Gasteiger partial charge in [-0.15, -0.1) is 0 Å². The van der Waals surface area contributed by atoms with E-state index in [0.717, 1.165) is 19.2 Å². The Kier molecular flexibility index (Phi) is 4.67. The number of hydrogen-bond acceptors (Lipinski definition) is 4. The number of carbonyl (C=O) groups excluding carboxylic acids is 1. The van der Waals surface area contributed by atoms with Crippen molar-refractivity contribution in [1.82, 2.24) is 14.8 Å². The average molecular weight is 281 g/mol. The Balaban J connectivity index is 1.96. The van der Waals surface area contributed by atoms with E-state index in [1.807, 2.05) is 7.05 Å². The first-order valence-electron chi connectivity index (χ1n) is 6.61. The second-order valence-corrected chi connectivity index (χ2v) is 5.23. The first-order chi connectivity index (χ1) is 9.51. The van der Waals surface area contributed by atoms with Gasteiger partial charge in [-0.05, 0) is 25.6 Å². The van der Waals surface area contributed by atoms with Gasteiger partial charge in [0, 0.05) is 33.3 Å². The van der Waals surface area contributed by atoms with Crippen molar-refractivity contribution in [2.24, 2.45) is 0 Å². The number of amides is 1. The molecule has 1 aliphatic rings. The minimum absolute atomic E-state index is 0.195. The van der Waals surface area contributed by atoms with Crippen molar-refractivity contribution < 1.29 is 13.9 Å². The molecule has 0 radical (unpaired) electrons. The number of nitrogens with zero attached hydrogens (tertiary/aromatic N) is 3. The summed E-state index contributed by atoms with van der Waals surface area (Å²) in [7, 11) is 5.47. The highest BCUT2D eigenvalue weighted by Gasteiger charge is 2.31. The van der Waals surface area contributed by atoms with Crippen LogP contribution in [0.15, 0.2) is 18.3 Å². The Morgan fingerprint density at radius 1 is 1.60 bits per heavy atom. The van der Waals surface area contributed by atoms with E-state index < -0.39 is 5.82 Å². The average Bonchev–Trinajstić information content (AvgIpc) is 2.79. The lowest BCUT2D eigenvalue weighted by molar-refractivity contribution is 0.0754. The van der Waals surface area contributed by atoms with Gasteiger partial charge in [-0.3, -0.25) is 9.69 Å². The zero-order chi connectivity index (χ0) is 14.7. The van der Waals surface area contributed by atoms with Crippen LogP contribution in [0.3, 0.4) is 0 Å². The standard InChI is InChI=1S/C14H20FN3O2/c1-17-9-12(20-3)6-11(17)8-18(2)14(19)13-5-4-10(15)7-16-13/h4-5,7,11-12H,6,8-9H2,1-3H3/t11-,12-/m0/s1. The SMILES string of the molecule is CO[C@H]1C[C@@H](CN(C)C(=O)c2ccc(F)cn2)N(C)C1. The number of ether oxygens (including phenoxy) is 1. The van der Waals surface area contributed by atoms with E-state index >= 15 is 0 Å². The molecule has 0 N–H and O–H groups in total. The Labute approximate surface area is 118 Å². The van der Waals surface area contributed by atoms with Crippen LogP contribution in [-0.2, 0) is 4.74 Å². The normalized spacial score (nSPS) is 23.0. The van der Waals surface area contributed by atoms with Gasteiger partial charge in [-0.25, -0.2) is 9.37 Å². The molecule has 0 unspecified atom stereocenters. The molecule has 20 heavy (non-hydrogen) atoms. The van der Waals surface area contributed by atoms with Crippen molar-refractivity contribution in [3.63, 3.8) is 0 Å². The number of hydrogen-bond donors (Lipinski definition) is 0. The highest BCUT2D eigenvalue weighted by molar-refractivity contribution is 5.92. The number of rotatable bonds is 4. The summed E-state index contributed by atoms with van der Waals surface area (Å²) in [5.74, 6) is -0.637. The Morgan fingerprint density at radius 2 is 2.35 bits per heavy atom. The van der Waals surface area contributed by atoms with Crippen LogP contribution in [0.4, 0.5) is 4.39 Å². The molecule has 1 saturated heterocycles. The second kappa shape index (κ2) is 6.28. The molecule has 1 amide bonds. The van der Waals surface area contributed by atoms with Gasteiger partial charge < -0.3 is 9.64 Å². The van der Waals surface area contributed by atoms with Gasteiger partial charge in [0.05, 0.1) is 12.3 Å². The third-order valence-electron chi connectivity index (χ3n) is 3.76. The van der Waals surface area contributed by atoms with Crippen molar-refractivity contribution >= 4 is 5.91 Å². The molecule has 1 aromatic rings. The topological polar surface area (TPSA) is 45.7 Å². The molecule has 0 saturated carbocycles. The third kappa shape index (κ3) is 3.32. The third-order valence-corrected chi connectivity index (χ3v) is 3.76. The summed E-state index contributed by atoms with van der Waals surface area (Å²) in [4.78, 5) is 19.8. The smallest absolute Gasteiger partial charge is 0.272 e. The number of pyridine rings is 1. The van der Waals surface area contributed by atoms with Crippen LogP contribution in [0, 0.1) is 5.82 Å². The predicted octanol–water partition coefficient (Wildman–Crippen LogP) is 1.01. The number of aromatic nitrogens is 1. The van der Waals surface area contributed by atoms with Crippen molar-refractivity contribution in [1.29, 1.82) is 0 Å². The van der Waals surface area contributed by atoms with Crippen molar-refractivity contribution in [2.45, 2.75) is 18.6 Å². The van der Waals surface area contributed by atoms with Crippen LogP contribution < -0.4 is 0 Å². The Hall–Kier alpha value is -1.53. The number of carbonyl (C=O) groups is 1. The molecule has 0 spiro atoms. The van der Waals surface area contributed by atoms with Crippen molar-refractivity contribution in [2.75, 3.05) is 34.3 Å². The van der Waals surface area contributed by atoms with Gasteiger partial charge >= 0.3 is 0 Å². The van der Waals surface area contributed by atoms with Crippen molar-refractivity contribution in [3.8, 4) is 0 Å². The summed E-state index contributed by atoms with van der Waals surface area (Å²) in [6.45, 7) is 1.48. The maximum absolute atomic E-state index is 12.8. The van der Waals surface area contributed by atoms with Crippen LogP contribution in [0.2, 0.25) is 0 Å². The molecule has 2 heterocycles. The van der Waals surface area contributed by atoms with E-state index in [1.54, 1.807) is 19.1 Å². The van der Waals surface area contributed by atoms with Crippen LogP contribution in [0.25, 0.3) is 0 Å². The first-order valence-corrected chi connectivity index (χ1v) is 6.61. The molecule has 0 bridgehead atoms. The molecule has 1 aromatic heterocycles. The molecule has 2 atom stereocenters. The fourth-order valence-electron chi connectivity index (χ4n) is 2.51. The number of likely N-dealkylation sites (N-methyl/N-ethyl adjacent to an activating group) is 2. The minimum atomic E-state index is -0.442. The molecule has 6 heteroatoms. The lowest BCUT2D eigenvalue weighted by Crippen LogP contribution is -2.39. The zero-order valence-corrected chi connectivity index (χ0v) is 12.0. The zero-order valence-electron chi connectivity index (χ0n) is 12.0. The van der Waals surface area contributed by atoms with Crippen molar-refractivity contribution in [3.05, 3.63) is 29.8 Å². The van der Waals surface area contributed by atoms with E-state index in [2.05, 4.69) is 9.88 Å². The van der Waals surface area contributed by atoms with Crippen LogP contribution >= 0.6 is 0 Å².